The summed E-state index contributed by atoms with van der Waals surface area (Å²) in [5, 5.41) is 1.22. The summed E-state index contributed by atoms with van der Waals surface area (Å²) in [5.41, 5.74) is 1.85. The lowest BCUT2D eigenvalue weighted by atomic mass is 10.2. The summed E-state index contributed by atoms with van der Waals surface area (Å²) in [7, 11) is -3.82. The maximum atomic E-state index is 12.7. The van der Waals surface area contributed by atoms with E-state index in [9.17, 15) is 8.42 Å². The van der Waals surface area contributed by atoms with Crippen molar-refractivity contribution in [2.75, 3.05) is 4.72 Å². The summed E-state index contributed by atoms with van der Waals surface area (Å²) in [6, 6.07) is 17.1. The first-order valence-electron chi connectivity index (χ1n) is 9.03. The number of hydrogen-bond acceptors (Lipinski definition) is 4. The molecular formula is C22H15BrCl2N2O3S. The average molecular weight is 538 g/mol. The van der Waals surface area contributed by atoms with Crippen LogP contribution in [-0.4, -0.2) is 13.4 Å². The van der Waals surface area contributed by atoms with E-state index in [0.717, 1.165) is 20.9 Å². The van der Waals surface area contributed by atoms with Gasteiger partial charge in [-0.1, -0.05) is 57.3 Å². The highest BCUT2D eigenvalue weighted by Gasteiger charge is 2.18. The molecule has 0 atom stereocenters. The molecule has 31 heavy (non-hydrogen) atoms. The summed E-state index contributed by atoms with van der Waals surface area (Å²) >= 11 is 16.1. The van der Waals surface area contributed by atoms with Crippen LogP contribution in [0.25, 0.3) is 10.9 Å². The molecular weight excluding hydrogens is 523 g/mol. The van der Waals surface area contributed by atoms with Gasteiger partial charge in [-0.2, -0.15) is 0 Å². The largest absolute Gasteiger partial charge is 0.453 e. The van der Waals surface area contributed by atoms with Crippen LogP contribution in [0.2, 0.25) is 10.0 Å². The highest BCUT2D eigenvalue weighted by Crippen LogP contribution is 2.39. The molecule has 9 heteroatoms. The Labute approximate surface area is 198 Å². The predicted octanol–water partition coefficient (Wildman–Crippen LogP) is 7.21. The molecule has 0 fully saturated rings. The van der Waals surface area contributed by atoms with Gasteiger partial charge in [-0.25, -0.2) is 8.42 Å². The lowest BCUT2D eigenvalue weighted by molar-refractivity contribution is 0.482. The molecule has 1 N–H and O–H groups in total. The fourth-order valence-corrected chi connectivity index (χ4v) is 4.88. The molecule has 158 valence electrons. The number of para-hydroxylation sites is 1. The zero-order valence-electron chi connectivity index (χ0n) is 16.1. The highest BCUT2D eigenvalue weighted by atomic mass is 79.9. The number of nitrogens with zero attached hydrogens (tertiary/aromatic N) is 1. The molecule has 0 amide bonds. The molecule has 0 radical (unpaired) electrons. The molecule has 0 saturated heterocycles. The minimum absolute atomic E-state index is 0.128. The number of fused-ring (bicyclic) bond motifs is 1. The van der Waals surface area contributed by atoms with E-state index in [4.69, 9.17) is 27.9 Å². The van der Waals surface area contributed by atoms with Crippen LogP contribution in [0.3, 0.4) is 0 Å². The fourth-order valence-electron chi connectivity index (χ4n) is 2.94. The van der Waals surface area contributed by atoms with Gasteiger partial charge in [-0.3, -0.25) is 9.71 Å². The number of halogens is 3. The predicted molar refractivity (Wildman–Crippen MR) is 128 cm³/mol. The Morgan fingerprint density at radius 2 is 1.71 bits per heavy atom. The molecule has 1 heterocycles. The lowest BCUT2D eigenvalue weighted by Crippen LogP contribution is -2.13. The van der Waals surface area contributed by atoms with E-state index in [-0.39, 0.29) is 26.4 Å². The Bertz CT molecular complexity index is 1390. The van der Waals surface area contributed by atoms with E-state index in [0.29, 0.717) is 5.75 Å². The number of sulfonamides is 1. The Morgan fingerprint density at radius 3 is 2.42 bits per heavy atom. The maximum absolute atomic E-state index is 12.7. The van der Waals surface area contributed by atoms with Gasteiger partial charge in [-0.15, -0.1) is 0 Å². The van der Waals surface area contributed by atoms with Crippen LogP contribution >= 0.6 is 39.1 Å². The Hall–Kier alpha value is -2.32. The molecule has 0 saturated carbocycles. The number of nitrogens with one attached hydrogen (secondary N) is 1. The van der Waals surface area contributed by atoms with Crippen molar-refractivity contribution in [3.05, 3.63) is 86.9 Å². The van der Waals surface area contributed by atoms with E-state index in [1.165, 1.54) is 18.2 Å². The molecule has 4 rings (SSSR count). The third-order valence-electron chi connectivity index (χ3n) is 4.48. The van der Waals surface area contributed by atoms with Crippen molar-refractivity contribution < 1.29 is 13.2 Å². The van der Waals surface area contributed by atoms with Gasteiger partial charge >= 0.3 is 0 Å². The molecule has 5 nitrogen and oxygen atoms in total. The van der Waals surface area contributed by atoms with E-state index in [2.05, 4.69) is 25.6 Å². The number of aromatic nitrogens is 1. The first kappa shape index (κ1) is 21.9. The van der Waals surface area contributed by atoms with Crippen molar-refractivity contribution in [1.82, 2.24) is 4.98 Å². The zero-order valence-corrected chi connectivity index (χ0v) is 20.0. The summed E-state index contributed by atoms with van der Waals surface area (Å²) in [4.78, 5) is 4.47. The number of anilines is 1. The number of rotatable bonds is 5. The van der Waals surface area contributed by atoms with Gasteiger partial charge in [0.25, 0.3) is 10.0 Å². The summed E-state index contributed by atoms with van der Waals surface area (Å²) in [6.45, 7) is 1.81. The van der Waals surface area contributed by atoms with Crippen LogP contribution in [0, 0.1) is 6.92 Å². The van der Waals surface area contributed by atoms with Crippen molar-refractivity contribution in [1.29, 1.82) is 0 Å². The average Bonchev–Trinajstić information content (AvgIpc) is 2.72. The SMILES string of the molecule is Cc1cc(S(=O)(=O)Nc2cc(Cl)c(Oc3cnc4ccccc4c3)c(Cl)c2)ccc1Br. The summed E-state index contributed by atoms with van der Waals surface area (Å²) < 4.78 is 34.6. The normalized spacial score (nSPS) is 11.5. The quantitative estimate of drug-likeness (QED) is 0.292. The second-order valence-electron chi connectivity index (χ2n) is 6.75. The van der Waals surface area contributed by atoms with Crippen LogP contribution in [0.5, 0.6) is 11.5 Å². The van der Waals surface area contributed by atoms with Gasteiger partial charge < -0.3 is 4.74 Å². The van der Waals surface area contributed by atoms with Crippen molar-refractivity contribution in [3.63, 3.8) is 0 Å². The van der Waals surface area contributed by atoms with Crippen LogP contribution in [0.1, 0.15) is 5.56 Å². The number of aryl methyl sites for hydroxylation is 1. The Morgan fingerprint density at radius 1 is 1.00 bits per heavy atom. The molecule has 0 unspecified atom stereocenters. The van der Waals surface area contributed by atoms with Gasteiger partial charge in [0.05, 0.1) is 32.3 Å². The molecule has 0 spiro atoms. The van der Waals surface area contributed by atoms with Crippen molar-refractivity contribution in [3.8, 4) is 11.5 Å². The van der Waals surface area contributed by atoms with E-state index < -0.39 is 10.0 Å². The first-order valence-corrected chi connectivity index (χ1v) is 12.1. The Balaban J connectivity index is 1.61. The van der Waals surface area contributed by atoms with Crippen molar-refractivity contribution >= 4 is 65.7 Å². The van der Waals surface area contributed by atoms with Crippen LogP contribution in [0.15, 0.2) is 76.2 Å². The van der Waals surface area contributed by atoms with Gasteiger partial charge in [0.1, 0.15) is 5.75 Å². The standard InChI is InChI=1S/C22H15BrCl2N2O3S/c1-13-8-17(6-7-18(13)23)31(28,29)27-15-10-19(24)22(20(25)11-15)30-16-9-14-4-2-3-5-21(14)26-12-16/h2-12,27H,1H3. The number of pyridine rings is 1. The molecule has 1 aromatic heterocycles. The third-order valence-corrected chi connectivity index (χ3v) is 7.31. The Kier molecular flexibility index (Phi) is 6.12. The van der Waals surface area contributed by atoms with Crippen LogP contribution < -0.4 is 9.46 Å². The molecule has 0 aliphatic carbocycles. The summed E-state index contributed by atoms with van der Waals surface area (Å²) in [5.74, 6) is 0.670. The molecule has 0 bridgehead atoms. The van der Waals surface area contributed by atoms with Gasteiger partial charge in [-0.05, 0) is 55.0 Å². The summed E-state index contributed by atoms with van der Waals surface area (Å²) in [6.07, 6.45) is 1.57. The fraction of sp³-hybridized carbons (Fsp3) is 0.0455. The number of ether oxygens (including phenoxy) is 1. The number of benzene rings is 3. The van der Waals surface area contributed by atoms with E-state index in [1.54, 1.807) is 18.3 Å². The van der Waals surface area contributed by atoms with E-state index in [1.807, 2.05) is 37.3 Å². The zero-order chi connectivity index (χ0) is 22.2. The van der Waals surface area contributed by atoms with Crippen LogP contribution in [0.4, 0.5) is 5.69 Å². The van der Waals surface area contributed by atoms with Crippen molar-refractivity contribution in [2.45, 2.75) is 11.8 Å². The highest BCUT2D eigenvalue weighted by molar-refractivity contribution is 9.10. The van der Waals surface area contributed by atoms with Gasteiger partial charge in [0.15, 0.2) is 5.75 Å². The van der Waals surface area contributed by atoms with Gasteiger partial charge in [0.2, 0.25) is 0 Å². The first-order chi connectivity index (χ1) is 14.7. The number of hydrogen-bond donors (Lipinski definition) is 1. The second-order valence-corrected chi connectivity index (χ2v) is 10.1. The topological polar surface area (TPSA) is 68.3 Å². The van der Waals surface area contributed by atoms with E-state index >= 15 is 0 Å². The minimum atomic E-state index is -3.82. The second kappa shape index (κ2) is 8.67. The van der Waals surface area contributed by atoms with Gasteiger partial charge in [0, 0.05) is 9.86 Å². The minimum Gasteiger partial charge on any atom is -0.453 e. The van der Waals surface area contributed by atoms with Crippen molar-refractivity contribution in [2.24, 2.45) is 0 Å². The maximum Gasteiger partial charge on any atom is 0.261 e. The smallest absolute Gasteiger partial charge is 0.261 e. The third kappa shape index (κ3) is 4.80. The molecule has 0 aliphatic rings. The monoisotopic (exact) mass is 536 g/mol. The molecule has 4 aromatic rings. The molecule has 3 aromatic carbocycles. The van der Waals surface area contributed by atoms with Crippen LogP contribution in [-0.2, 0) is 10.0 Å². The molecule has 0 aliphatic heterocycles. The lowest BCUT2D eigenvalue weighted by Gasteiger charge is -2.14.